The number of fused-ring (bicyclic) bond motifs is 6. The molecule has 0 radical (unpaired) electrons. The van der Waals surface area contributed by atoms with Crippen molar-refractivity contribution in [2.75, 3.05) is 6.79 Å². The minimum absolute atomic E-state index is 0.00215. The molecule has 0 saturated carbocycles. The molecule has 0 aliphatic carbocycles. The summed E-state index contributed by atoms with van der Waals surface area (Å²) in [6.45, 7) is 0.0985. The Kier molecular flexibility index (Phi) is 2.24. The molecule has 0 saturated heterocycles. The number of aromatic hydroxyl groups is 1. The molecule has 7 nitrogen and oxygen atoms in total. The van der Waals surface area contributed by atoms with E-state index >= 15 is 0 Å². The predicted molar refractivity (Wildman–Crippen MR) is 74.6 cm³/mol. The molecule has 0 fully saturated rings. The van der Waals surface area contributed by atoms with Crippen LogP contribution in [0.3, 0.4) is 0 Å². The molecule has 0 amide bonds. The van der Waals surface area contributed by atoms with E-state index in [2.05, 4.69) is 0 Å². The number of phenolic OH excluding ortho intramolecular Hbond substituents is 1. The average Bonchev–Trinajstić information content (AvgIpc) is 3.08. The van der Waals surface area contributed by atoms with Crippen LogP contribution < -0.4 is 18.9 Å². The first-order valence-electron chi connectivity index (χ1n) is 7.08. The zero-order chi connectivity index (χ0) is 15.8. The summed E-state index contributed by atoms with van der Waals surface area (Å²) in [6, 6.07) is 7.66. The van der Waals surface area contributed by atoms with Crippen LogP contribution in [0.25, 0.3) is 0 Å². The van der Waals surface area contributed by atoms with Gasteiger partial charge in [0.1, 0.15) is 17.2 Å². The summed E-state index contributed by atoms with van der Waals surface area (Å²) >= 11 is 0. The molecule has 3 atom stereocenters. The van der Waals surface area contributed by atoms with Gasteiger partial charge in [0.05, 0.1) is 0 Å². The van der Waals surface area contributed by atoms with E-state index in [-0.39, 0.29) is 18.3 Å². The second-order valence-corrected chi connectivity index (χ2v) is 5.72. The molecule has 23 heavy (non-hydrogen) atoms. The van der Waals surface area contributed by atoms with E-state index in [9.17, 15) is 15.3 Å². The van der Waals surface area contributed by atoms with Crippen molar-refractivity contribution in [1.29, 1.82) is 0 Å². The van der Waals surface area contributed by atoms with E-state index in [1.165, 1.54) is 12.1 Å². The Bertz CT molecular complexity index is 833. The fourth-order valence-corrected chi connectivity index (χ4v) is 3.31. The Morgan fingerprint density at radius 3 is 2.57 bits per heavy atom. The van der Waals surface area contributed by atoms with Crippen molar-refractivity contribution in [2.45, 2.75) is 18.0 Å². The molecule has 5 rings (SSSR count). The number of aliphatic hydroxyl groups is 2. The van der Waals surface area contributed by atoms with E-state index in [0.717, 1.165) is 0 Å². The Hall–Kier alpha value is -2.64. The lowest BCUT2D eigenvalue weighted by Crippen LogP contribution is -2.49. The van der Waals surface area contributed by atoms with Gasteiger partial charge in [-0.25, -0.2) is 0 Å². The smallest absolute Gasteiger partial charge is 0.235 e. The molecule has 3 aliphatic rings. The van der Waals surface area contributed by atoms with Crippen LogP contribution in [0, 0.1) is 0 Å². The molecule has 0 spiro atoms. The average molecular weight is 316 g/mol. The largest absolute Gasteiger partial charge is 0.508 e. The second-order valence-electron chi connectivity index (χ2n) is 5.72. The lowest BCUT2D eigenvalue weighted by Gasteiger charge is -2.38. The minimum Gasteiger partial charge on any atom is -0.508 e. The highest BCUT2D eigenvalue weighted by Crippen LogP contribution is 2.58. The monoisotopic (exact) mass is 316 g/mol. The van der Waals surface area contributed by atoms with Gasteiger partial charge in [-0.2, -0.15) is 0 Å². The van der Waals surface area contributed by atoms with Gasteiger partial charge in [0.25, 0.3) is 0 Å². The molecular weight excluding hydrogens is 304 g/mol. The Balaban J connectivity index is 1.71. The number of rotatable bonds is 0. The Morgan fingerprint density at radius 1 is 0.957 bits per heavy atom. The summed E-state index contributed by atoms with van der Waals surface area (Å²) in [5, 5.41) is 31.1. The lowest BCUT2D eigenvalue weighted by atomic mass is 9.83. The normalized spacial score (nSPS) is 29.1. The first-order chi connectivity index (χ1) is 11.1. The van der Waals surface area contributed by atoms with Crippen molar-refractivity contribution in [3.8, 4) is 28.7 Å². The summed E-state index contributed by atoms with van der Waals surface area (Å²) in [6.07, 6.45) is -2.41. The van der Waals surface area contributed by atoms with Crippen LogP contribution in [-0.4, -0.2) is 28.4 Å². The van der Waals surface area contributed by atoms with Crippen LogP contribution in [-0.2, 0) is 5.60 Å². The summed E-state index contributed by atoms with van der Waals surface area (Å²) in [7, 11) is 0. The SMILES string of the molecule is Oc1ccc2c(c1)OC(O)C1(O)c3cc4c(cc3OC21)OCO4. The van der Waals surface area contributed by atoms with Crippen LogP contribution in [0.15, 0.2) is 30.3 Å². The first kappa shape index (κ1) is 12.9. The Morgan fingerprint density at radius 2 is 1.74 bits per heavy atom. The van der Waals surface area contributed by atoms with Crippen molar-refractivity contribution in [3.05, 3.63) is 41.5 Å². The number of aliphatic hydroxyl groups excluding tert-OH is 1. The number of hydrogen-bond donors (Lipinski definition) is 3. The van der Waals surface area contributed by atoms with Crippen LogP contribution in [0.1, 0.15) is 17.2 Å². The van der Waals surface area contributed by atoms with Crippen LogP contribution >= 0.6 is 0 Å². The highest BCUT2D eigenvalue weighted by atomic mass is 16.7. The Labute approximate surface area is 130 Å². The summed E-state index contributed by atoms with van der Waals surface area (Å²) in [4.78, 5) is 0. The van der Waals surface area contributed by atoms with E-state index in [1.807, 2.05) is 0 Å². The van der Waals surface area contributed by atoms with Gasteiger partial charge in [0.15, 0.2) is 23.2 Å². The molecule has 7 heteroatoms. The summed E-state index contributed by atoms with van der Waals surface area (Å²) in [5.74, 6) is 1.65. The third-order valence-corrected chi connectivity index (χ3v) is 4.45. The van der Waals surface area contributed by atoms with Gasteiger partial charge < -0.3 is 34.3 Å². The molecule has 3 N–H and O–H groups in total. The molecule has 0 aromatic heterocycles. The quantitative estimate of drug-likeness (QED) is 0.671. The molecule has 2 aromatic rings. The van der Waals surface area contributed by atoms with Crippen LogP contribution in [0.5, 0.6) is 28.7 Å². The predicted octanol–water partition coefficient (Wildman–Crippen LogP) is 1.15. The molecule has 118 valence electrons. The number of benzene rings is 2. The molecular formula is C16H12O7. The third-order valence-electron chi connectivity index (χ3n) is 4.45. The van der Waals surface area contributed by atoms with Crippen molar-refractivity contribution < 1.29 is 34.3 Å². The zero-order valence-electron chi connectivity index (χ0n) is 11.7. The minimum atomic E-state index is -1.78. The topological polar surface area (TPSA) is 97.6 Å². The van der Waals surface area contributed by atoms with Gasteiger partial charge in [-0.05, 0) is 18.2 Å². The van der Waals surface area contributed by atoms with E-state index in [1.54, 1.807) is 18.2 Å². The van der Waals surface area contributed by atoms with Crippen molar-refractivity contribution in [1.82, 2.24) is 0 Å². The molecule has 2 aromatic carbocycles. The van der Waals surface area contributed by atoms with Crippen LogP contribution in [0.2, 0.25) is 0 Å². The molecule has 3 aliphatic heterocycles. The fraction of sp³-hybridized carbons (Fsp3) is 0.250. The summed E-state index contributed by atoms with van der Waals surface area (Å²) < 4.78 is 21.9. The van der Waals surface area contributed by atoms with Gasteiger partial charge in [0.2, 0.25) is 13.1 Å². The number of ether oxygens (including phenoxy) is 4. The highest BCUT2D eigenvalue weighted by Gasteiger charge is 2.59. The maximum Gasteiger partial charge on any atom is 0.235 e. The van der Waals surface area contributed by atoms with Gasteiger partial charge in [-0.1, -0.05) is 0 Å². The fourth-order valence-electron chi connectivity index (χ4n) is 3.31. The number of hydrogen-bond acceptors (Lipinski definition) is 7. The van der Waals surface area contributed by atoms with E-state index < -0.39 is 18.0 Å². The second kappa shape index (κ2) is 4.01. The molecule has 3 heterocycles. The van der Waals surface area contributed by atoms with Gasteiger partial charge >= 0.3 is 0 Å². The van der Waals surface area contributed by atoms with Crippen LogP contribution in [0.4, 0.5) is 0 Å². The van der Waals surface area contributed by atoms with E-state index in [0.29, 0.717) is 28.4 Å². The third kappa shape index (κ3) is 1.50. The van der Waals surface area contributed by atoms with Crippen molar-refractivity contribution in [2.24, 2.45) is 0 Å². The van der Waals surface area contributed by atoms with Crippen molar-refractivity contribution >= 4 is 0 Å². The lowest BCUT2D eigenvalue weighted by molar-refractivity contribution is -0.215. The maximum atomic E-state index is 11.1. The van der Waals surface area contributed by atoms with Gasteiger partial charge in [-0.15, -0.1) is 0 Å². The zero-order valence-corrected chi connectivity index (χ0v) is 11.7. The maximum absolute atomic E-state index is 11.1. The van der Waals surface area contributed by atoms with E-state index in [4.69, 9.17) is 18.9 Å². The number of phenols is 1. The molecule has 0 bridgehead atoms. The highest BCUT2D eigenvalue weighted by molar-refractivity contribution is 5.59. The molecule has 3 unspecified atom stereocenters. The van der Waals surface area contributed by atoms with Crippen molar-refractivity contribution in [3.63, 3.8) is 0 Å². The first-order valence-corrected chi connectivity index (χ1v) is 7.08. The summed E-state index contributed by atoms with van der Waals surface area (Å²) in [5.41, 5.74) is -0.868. The van der Waals surface area contributed by atoms with Gasteiger partial charge in [-0.3, -0.25) is 0 Å². The van der Waals surface area contributed by atoms with Gasteiger partial charge in [0, 0.05) is 23.3 Å². The standard InChI is InChI=1S/C16H12O7/c17-7-1-2-8-10(3-7)23-15(18)16(19)9-4-12-13(21-6-20-12)5-11(9)22-14(8)16/h1-5,14-15,17-19H,6H2.